The molecule has 0 bridgehead atoms. The number of rotatable bonds is 8. The molecule has 1 fully saturated rings. The number of aliphatic hydroxyl groups excluding tert-OH is 1. The van der Waals surface area contributed by atoms with Gasteiger partial charge < -0.3 is 10.1 Å². The van der Waals surface area contributed by atoms with E-state index in [0.717, 1.165) is 11.6 Å². The maximum atomic E-state index is 14.4. The van der Waals surface area contributed by atoms with E-state index in [1.807, 2.05) is 0 Å². The van der Waals surface area contributed by atoms with E-state index in [-0.39, 0.29) is 37.0 Å². The van der Waals surface area contributed by atoms with Gasteiger partial charge in [-0.2, -0.15) is 8.42 Å². The lowest BCUT2D eigenvalue weighted by atomic mass is 9.70. The summed E-state index contributed by atoms with van der Waals surface area (Å²) >= 11 is 0. The first-order chi connectivity index (χ1) is 14.8. The number of H-pyrrole nitrogens is 1. The summed E-state index contributed by atoms with van der Waals surface area (Å²) in [5, 5.41) is 9.17. The van der Waals surface area contributed by atoms with Gasteiger partial charge in [0.25, 0.3) is 10.2 Å². The maximum Gasteiger partial charge on any atom is 0.276 e. The van der Waals surface area contributed by atoms with Crippen molar-refractivity contribution in [3.05, 3.63) is 59.4 Å². The van der Waals surface area contributed by atoms with Gasteiger partial charge in [-0.25, -0.2) is 22.6 Å². The Morgan fingerprint density at radius 3 is 2.42 bits per heavy atom. The van der Waals surface area contributed by atoms with Gasteiger partial charge in [0.05, 0.1) is 17.8 Å². The summed E-state index contributed by atoms with van der Waals surface area (Å²) in [5.41, 5.74) is 2.20. The molecule has 1 aliphatic carbocycles. The van der Waals surface area contributed by atoms with Gasteiger partial charge in [-0.15, -0.1) is 0 Å². The van der Waals surface area contributed by atoms with Gasteiger partial charge in [0.1, 0.15) is 17.5 Å². The van der Waals surface area contributed by atoms with E-state index in [2.05, 4.69) is 14.4 Å². The Morgan fingerprint density at radius 1 is 1.03 bits per heavy atom. The molecule has 1 saturated carbocycles. The highest BCUT2D eigenvalue weighted by molar-refractivity contribution is 7.87. The lowest BCUT2D eigenvalue weighted by Gasteiger charge is -2.36. The van der Waals surface area contributed by atoms with Crippen LogP contribution in [-0.2, 0) is 10.2 Å². The zero-order valence-corrected chi connectivity index (χ0v) is 17.3. The first-order valence-electron chi connectivity index (χ1n) is 9.89. The van der Waals surface area contributed by atoms with Gasteiger partial charge in [-0.05, 0) is 66.1 Å². The van der Waals surface area contributed by atoms with Gasteiger partial charge in [0.2, 0.25) is 0 Å². The molecule has 31 heavy (non-hydrogen) atoms. The molecule has 4 rings (SSSR count). The quantitative estimate of drug-likeness (QED) is 0.422. The lowest BCUT2D eigenvalue weighted by molar-refractivity contribution is 0.266. The summed E-state index contributed by atoms with van der Waals surface area (Å²) in [5.74, 6) is -1.77. The van der Waals surface area contributed by atoms with E-state index in [4.69, 9.17) is 5.11 Å². The van der Waals surface area contributed by atoms with Crippen molar-refractivity contribution in [2.24, 2.45) is 5.92 Å². The molecule has 1 aromatic heterocycles. The molecule has 10 heteroatoms. The molecule has 4 N–H and O–H groups in total. The molecule has 2 aromatic carbocycles. The molecule has 0 aliphatic heterocycles. The van der Waals surface area contributed by atoms with Crippen molar-refractivity contribution < 1.29 is 26.7 Å². The van der Waals surface area contributed by atoms with Crippen LogP contribution in [0.4, 0.5) is 13.2 Å². The molecular weight excluding hydrogens is 431 g/mol. The SMILES string of the molecule is O=S(=O)(NCCO)NC[C@H]1C[C@H](c2c(-c3ccc(F)cc3)[nH]c3c(F)cc(F)cc32)C1. The van der Waals surface area contributed by atoms with Crippen molar-refractivity contribution in [1.29, 1.82) is 0 Å². The smallest absolute Gasteiger partial charge is 0.276 e. The largest absolute Gasteiger partial charge is 0.395 e. The minimum Gasteiger partial charge on any atom is -0.395 e. The normalized spacial score (nSPS) is 19.0. The molecule has 3 aromatic rings. The van der Waals surface area contributed by atoms with Crippen LogP contribution < -0.4 is 9.44 Å². The minimum atomic E-state index is -3.69. The van der Waals surface area contributed by atoms with Crippen LogP contribution in [0.2, 0.25) is 0 Å². The number of aliphatic hydroxyl groups is 1. The molecule has 0 amide bonds. The number of aromatic amines is 1. The fourth-order valence-corrected chi connectivity index (χ4v) is 5.02. The molecular formula is C21H22F3N3O3S. The van der Waals surface area contributed by atoms with Crippen LogP contribution in [0.1, 0.15) is 24.3 Å². The minimum absolute atomic E-state index is 0.0325. The van der Waals surface area contributed by atoms with Gasteiger partial charge >= 0.3 is 0 Å². The summed E-state index contributed by atoms with van der Waals surface area (Å²) < 4.78 is 70.0. The van der Waals surface area contributed by atoms with Crippen molar-refractivity contribution in [1.82, 2.24) is 14.4 Å². The van der Waals surface area contributed by atoms with Crippen LogP contribution in [0.3, 0.4) is 0 Å². The Labute approximate surface area is 177 Å². The predicted octanol–water partition coefficient (Wildman–Crippen LogP) is 3.16. The van der Waals surface area contributed by atoms with Crippen molar-refractivity contribution in [3.8, 4) is 11.3 Å². The fourth-order valence-electron chi connectivity index (χ4n) is 4.11. The van der Waals surface area contributed by atoms with Crippen molar-refractivity contribution in [2.75, 3.05) is 19.7 Å². The summed E-state index contributed by atoms with van der Waals surface area (Å²) in [7, 11) is -3.69. The number of halogens is 3. The molecule has 6 nitrogen and oxygen atoms in total. The first-order valence-corrected chi connectivity index (χ1v) is 11.4. The third-order valence-corrected chi connectivity index (χ3v) is 6.74. The topological polar surface area (TPSA) is 94.2 Å². The Kier molecular flexibility index (Phi) is 6.07. The van der Waals surface area contributed by atoms with Crippen molar-refractivity contribution in [3.63, 3.8) is 0 Å². The van der Waals surface area contributed by atoms with Crippen LogP contribution in [-0.4, -0.2) is 38.2 Å². The molecule has 0 radical (unpaired) electrons. The van der Waals surface area contributed by atoms with Crippen LogP contribution in [0, 0.1) is 23.4 Å². The summed E-state index contributed by atoms with van der Waals surface area (Å²) in [6.07, 6.45) is 1.25. The van der Waals surface area contributed by atoms with Crippen LogP contribution in [0.25, 0.3) is 22.2 Å². The van der Waals surface area contributed by atoms with Gasteiger partial charge in [-0.1, -0.05) is 0 Å². The molecule has 0 atom stereocenters. The highest BCUT2D eigenvalue weighted by Crippen LogP contribution is 2.48. The third-order valence-electron chi connectivity index (χ3n) is 5.61. The van der Waals surface area contributed by atoms with Crippen LogP contribution in [0.5, 0.6) is 0 Å². The van der Waals surface area contributed by atoms with E-state index in [1.54, 1.807) is 12.1 Å². The number of nitrogens with one attached hydrogen (secondary N) is 3. The van der Waals surface area contributed by atoms with Gasteiger partial charge in [-0.3, -0.25) is 0 Å². The first kappa shape index (κ1) is 21.8. The highest BCUT2D eigenvalue weighted by atomic mass is 32.2. The van der Waals surface area contributed by atoms with Crippen molar-refractivity contribution in [2.45, 2.75) is 18.8 Å². The standard InChI is InChI=1S/C21H22F3N3O3S/c22-15-3-1-13(2-4-15)20-19(17-9-16(23)10-18(24)21(17)27-20)14-7-12(8-14)11-26-31(29,30)25-5-6-28/h1-4,9-10,12,14,25-28H,5-8,11H2/t12-,14-. The van der Waals surface area contributed by atoms with Gasteiger partial charge in [0, 0.05) is 24.5 Å². The number of benzene rings is 2. The molecule has 0 unspecified atom stereocenters. The average Bonchev–Trinajstić information content (AvgIpc) is 3.05. The average molecular weight is 453 g/mol. The second-order valence-corrected chi connectivity index (χ2v) is 9.32. The summed E-state index contributed by atoms with van der Waals surface area (Å²) in [6, 6.07) is 7.86. The fraction of sp³-hybridized carbons (Fsp3) is 0.333. The number of hydrogen-bond acceptors (Lipinski definition) is 3. The maximum absolute atomic E-state index is 14.4. The molecule has 1 aliphatic rings. The van der Waals surface area contributed by atoms with E-state index in [1.165, 1.54) is 18.2 Å². The van der Waals surface area contributed by atoms with Crippen LogP contribution >= 0.6 is 0 Å². The zero-order valence-electron chi connectivity index (χ0n) is 16.5. The summed E-state index contributed by atoms with van der Waals surface area (Å²) in [4.78, 5) is 3.03. The lowest BCUT2D eigenvalue weighted by Crippen LogP contribution is -2.42. The van der Waals surface area contributed by atoms with E-state index >= 15 is 0 Å². The molecule has 1 heterocycles. The van der Waals surface area contributed by atoms with Crippen LogP contribution in [0.15, 0.2) is 36.4 Å². The monoisotopic (exact) mass is 453 g/mol. The number of hydrogen-bond donors (Lipinski definition) is 4. The Balaban J connectivity index is 1.59. The number of fused-ring (bicyclic) bond motifs is 1. The predicted molar refractivity (Wildman–Crippen MR) is 111 cm³/mol. The second kappa shape index (κ2) is 8.62. The summed E-state index contributed by atoms with van der Waals surface area (Å²) in [6.45, 7) is -0.156. The Hall–Kier alpha value is -2.40. The van der Waals surface area contributed by atoms with Crippen molar-refractivity contribution >= 4 is 21.1 Å². The molecule has 0 spiro atoms. The highest BCUT2D eigenvalue weighted by Gasteiger charge is 2.35. The zero-order chi connectivity index (χ0) is 22.2. The Bertz CT molecular complexity index is 1190. The van der Waals surface area contributed by atoms with E-state index < -0.39 is 27.7 Å². The van der Waals surface area contributed by atoms with E-state index in [9.17, 15) is 21.6 Å². The molecule has 166 valence electrons. The Morgan fingerprint density at radius 2 is 1.74 bits per heavy atom. The number of aromatic nitrogens is 1. The van der Waals surface area contributed by atoms with E-state index in [0.29, 0.717) is 29.5 Å². The third kappa shape index (κ3) is 4.62. The second-order valence-electron chi connectivity index (χ2n) is 7.73. The van der Waals surface area contributed by atoms with Gasteiger partial charge in [0.15, 0.2) is 0 Å². The molecule has 0 saturated heterocycles.